The molecule has 0 fully saturated rings. The first kappa shape index (κ1) is 17.2. The Hall–Kier alpha value is -2.20. The number of nitrogens with zero attached hydrogens (tertiary/aromatic N) is 1. The van der Waals surface area contributed by atoms with Crippen LogP contribution in [-0.2, 0) is 11.2 Å². The quantitative estimate of drug-likeness (QED) is 0.826. The Morgan fingerprint density at radius 3 is 2.52 bits per heavy atom. The van der Waals surface area contributed by atoms with Crippen LogP contribution in [0, 0.1) is 5.41 Å². The van der Waals surface area contributed by atoms with E-state index < -0.39 is 5.41 Å². The summed E-state index contributed by atoms with van der Waals surface area (Å²) in [5, 5.41) is 6.28. The topological polar surface area (TPSA) is 54.0 Å². The number of likely N-dealkylation sites (N-methyl/N-ethyl adjacent to an activating group) is 1. The Bertz CT molecular complexity index is 611. The number of aromatic nitrogens is 1. The third-order valence-corrected chi connectivity index (χ3v) is 4.01. The monoisotopic (exact) mass is 311 g/mol. The van der Waals surface area contributed by atoms with Gasteiger partial charge in [0.05, 0.1) is 6.04 Å². The molecule has 1 heterocycles. The molecule has 4 nitrogen and oxygen atoms in total. The van der Waals surface area contributed by atoms with Crippen LogP contribution in [0.4, 0.5) is 0 Å². The molecule has 1 amide bonds. The molecule has 1 aromatic heterocycles. The summed E-state index contributed by atoms with van der Waals surface area (Å²) in [5.41, 5.74) is 1.79. The first-order valence-corrected chi connectivity index (χ1v) is 7.92. The molecule has 4 heteroatoms. The summed E-state index contributed by atoms with van der Waals surface area (Å²) in [4.78, 5) is 16.7. The largest absolute Gasteiger partial charge is 0.354 e. The SMILES string of the molecule is CNC(CNC(=O)C(C)(C)Cc1ccccc1)c1cccnc1. The van der Waals surface area contributed by atoms with Gasteiger partial charge in [-0.1, -0.05) is 50.2 Å². The summed E-state index contributed by atoms with van der Waals surface area (Å²) < 4.78 is 0. The number of pyridine rings is 1. The van der Waals surface area contributed by atoms with E-state index in [0.717, 1.165) is 12.0 Å². The maximum absolute atomic E-state index is 12.6. The molecule has 23 heavy (non-hydrogen) atoms. The van der Waals surface area contributed by atoms with Crippen LogP contribution >= 0.6 is 0 Å². The predicted octanol–water partition coefficient (Wildman–Crippen LogP) is 2.73. The Labute approximate surface area is 138 Å². The number of hydrogen-bond acceptors (Lipinski definition) is 3. The van der Waals surface area contributed by atoms with Gasteiger partial charge in [-0.3, -0.25) is 9.78 Å². The van der Waals surface area contributed by atoms with Crippen LogP contribution in [0.1, 0.15) is 31.0 Å². The highest BCUT2D eigenvalue weighted by molar-refractivity contribution is 5.82. The first-order valence-electron chi connectivity index (χ1n) is 7.92. The summed E-state index contributed by atoms with van der Waals surface area (Å²) in [6.07, 6.45) is 4.29. The van der Waals surface area contributed by atoms with E-state index in [2.05, 4.69) is 27.8 Å². The van der Waals surface area contributed by atoms with Crippen LogP contribution in [0.15, 0.2) is 54.9 Å². The van der Waals surface area contributed by atoms with Crippen LogP contribution in [-0.4, -0.2) is 24.5 Å². The smallest absolute Gasteiger partial charge is 0.226 e. The summed E-state index contributed by atoms with van der Waals surface area (Å²) in [7, 11) is 1.89. The number of rotatable bonds is 7. The maximum Gasteiger partial charge on any atom is 0.226 e. The van der Waals surface area contributed by atoms with Crippen molar-refractivity contribution in [2.24, 2.45) is 5.41 Å². The van der Waals surface area contributed by atoms with Crippen molar-refractivity contribution in [1.29, 1.82) is 0 Å². The van der Waals surface area contributed by atoms with Gasteiger partial charge < -0.3 is 10.6 Å². The molecule has 0 spiro atoms. The van der Waals surface area contributed by atoms with Crippen LogP contribution in [0.5, 0.6) is 0 Å². The highest BCUT2D eigenvalue weighted by Gasteiger charge is 2.28. The summed E-state index contributed by atoms with van der Waals surface area (Å²) in [6.45, 7) is 4.50. The Kier molecular flexibility index (Phi) is 5.88. The van der Waals surface area contributed by atoms with Crippen molar-refractivity contribution in [2.75, 3.05) is 13.6 Å². The number of carbonyl (C=O) groups excluding carboxylic acids is 1. The average molecular weight is 311 g/mol. The molecule has 122 valence electrons. The molecule has 2 aromatic rings. The zero-order valence-corrected chi connectivity index (χ0v) is 14.0. The first-order chi connectivity index (χ1) is 11.0. The number of carbonyl (C=O) groups is 1. The second-order valence-electron chi connectivity index (χ2n) is 6.38. The van der Waals surface area contributed by atoms with Crippen molar-refractivity contribution in [3.05, 3.63) is 66.0 Å². The lowest BCUT2D eigenvalue weighted by atomic mass is 9.84. The third kappa shape index (κ3) is 4.89. The average Bonchev–Trinajstić information content (AvgIpc) is 2.56. The van der Waals surface area contributed by atoms with E-state index in [9.17, 15) is 4.79 Å². The van der Waals surface area contributed by atoms with Crippen molar-refractivity contribution in [3.8, 4) is 0 Å². The van der Waals surface area contributed by atoms with Gasteiger partial charge in [0.1, 0.15) is 0 Å². The van der Waals surface area contributed by atoms with Gasteiger partial charge in [-0.2, -0.15) is 0 Å². The standard InChI is InChI=1S/C19H25N3O/c1-19(2,12-15-8-5-4-6-9-15)18(23)22-14-17(20-3)16-10-7-11-21-13-16/h4-11,13,17,20H,12,14H2,1-3H3,(H,22,23). The van der Waals surface area contributed by atoms with E-state index in [-0.39, 0.29) is 11.9 Å². The van der Waals surface area contributed by atoms with Gasteiger partial charge >= 0.3 is 0 Å². The van der Waals surface area contributed by atoms with Gasteiger partial charge in [-0.25, -0.2) is 0 Å². The number of nitrogens with one attached hydrogen (secondary N) is 2. The summed E-state index contributed by atoms with van der Waals surface area (Å²) in [5.74, 6) is 0.0606. The normalized spacial score (nSPS) is 12.7. The Balaban J connectivity index is 1.95. The molecule has 1 unspecified atom stereocenters. The van der Waals surface area contributed by atoms with Crippen LogP contribution in [0.25, 0.3) is 0 Å². The fourth-order valence-corrected chi connectivity index (χ4v) is 2.59. The molecule has 0 saturated carbocycles. The van der Waals surface area contributed by atoms with Gasteiger partial charge in [0.25, 0.3) is 0 Å². The van der Waals surface area contributed by atoms with Gasteiger partial charge in [0.2, 0.25) is 5.91 Å². The molecule has 0 aliphatic rings. The minimum Gasteiger partial charge on any atom is -0.354 e. The molecule has 0 radical (unpaired) electrons. The van der Waals surface area contributed by atoms with Gasteiger partial charge in [-0.15, -0.1) is 0 Å². The third-order valence-electron chi connectivity index (χ3n) is 4.01. The molecule has 0 saturated heterocycles. The highest BCUT2D eigenvalue weighted by atomic mass is 16.2. The molecule has 0 bridgehead atoms. The molecule has 1 atom stereocenters. The fraction of sp³-hybridized carbons (Fsp3) is 0.368. The molecular formula is C19H25N3O. The molecule has 2 rings (SSSR count). The Morgan fingerprint density at radius 2 is 1.91 bits per heavy atom. The Morgan fingerprint density at radius 1 is 1.17 bits per heavy atom. The molecule has 0 aliphatic heterocycles. The lowest BCUT2D eigenvalue weighted by Gasteiger charge is -2.25. The minimum atomic E-state index is -0.450. The van der Waals surface area contributed by atoms with E-state index in [1.54, 1.807) is 6.20 Å². The van der Waals surface area contributed by atoms with Crippen LogP contribution in [0.3, 0.4) is 0 Å². The van der Waals surface area contributed by atoms with Gasteiger partial charge in [0, 0.05) is 24.4 Å². The van der Waals surface area contributed by atoms with E-state index in [1.807, 2.05) is 57.4 Å². The molecule has 2 N–H and O–H groups in total. The van der Waals surface area contributed by atoms with Crippen molar-refractivity contribution >= 4 is 5.91 Å². The van der Waals surface area contributed by atoms with E-state index in [0.29, 0.717) is 6.54 Å². The van der Waals surface area contributed by atoms with Crippen molar-refractivity contribution in [3.63, 3.8) is 0 Å². The lowest BCUT2D eigenvalue weighted by Crippen LogP contribution is -2.42. The van der Waals surface area contributed by atoms with Crippen molar-refractivity contribution in [2.45, 2.75) is 26.3 Å². The minimum absolute atomic E-state index is 0.0557. The van der Waals surface area contributed by atoms with Gasteiger partial charge in [-0.05, 0) is 30.7 Å². The summed E-state index contributed by atoms with van der Waals surface area (Å²) in [6, 6.07) is 14.1. The van der Waals surface area contributed by atoms with Crippen molar-refractivity contribution < 1.29 is 4.79 Å². The fourth-order valence-electron chi connectivity index (χ4n) is 2.59. The van der Waals surface area contributed by atoms with E-state index >= 15 is 0 Å². The molecule has 0 aliphatic carbocycles. The van der Waals surface area contributed by atoms with Crippen LogP contribution in [0.2, 0.25) is 0 Å². The summed E-state index contributed by atoms with van der Waals surface area (Å²) >= 11 is 0. The zero-order valence-electron chi connectivity index (χ0n) is 14.0. The predicted molar refractivity (Wildman–Crippen MR) is 93.0 cm³/mol. The lowest BCUT2D eigenvalue weighted by molar-refractivity contribution is -0.129. The maximum atomic E-state index is 12.6. The van der Waals surface area contributed by atoms with Gasteiger partial charge in [0.15, 0.2) is 0 Å². The van der Waals surface area contributed by atoms with Crippen LogP contribution < -0.4 is 10.6 Å². The second kappa shape index (κ2) is 7.88. The highest BCUT2D eigenvalue weighted by Crippen LogP contribution is 2.22. The molecular weight excluding hydrogens is 286 g/mol. The number of hydrogen-bond donors (Lipinski definition) is 2. The molecule has 1 aromatic carbocycles. The number of benzene rings is 1. The number of amides is 1. The van der Waals surface area contributed by atoms with E-state index in [1.165, 1.54) is 5.56 Å². The second-order valence-corrected chi connectivity index (χ2v) is 6.38. The zero-order chi connectivity index (χ0) is 16.7. The van der Waals surface area contributed by atoms with Crippen molar-refractivity contribution in [1.82, 2.24) is 15.6 Å². The van der Waals surface area contributed by atoms with E-state index in [4.69, 9.17) is 0 Å².